The highest BCUT2D eigenvalue weighted by atomic mass is 29.7. The summed E-state index contributed by atoms with van der Waals surface area (Å²) in [4.78, 5) is 0. The van der Waals surface area contributed by atoms with Crippen molar-refractivity contribution in [2.45, 2.75) is 65.5 Å². The minimum absolute atomic E-state index is 1.45. The van der Waals surface area contributed by atoms with Gasteiger partial charge in [0.2, 0.25) is 7.83 Å². The van der Waals surface area contributed by atoms with E-state index >= 15 is 8.22 Å². The van der Waals surface area contributed by atoms with E-state index in [1.165, 1.54) is 13.1 Å². The molecule has 0 radical (unpaired) electrons. The van der Waals surface area contributed by atoms with Crippen molar-refractivity contribution in [1.82, 2.24) is 0 Å². The standard InChI is InChI=1S/C10H30F2O2Si6/c1-15(2)13-17(5,6)20(10,12)19(9,11)14-16(3,4)18(15,7)8/h1-10H3. The van der Waals surface area contributed by atoms with Gasteiger partial charge >= 0.3 is 15.6 Å². The molecule has 20 heavy (non-hydrogen) atoms. The molecule has 0 bridgehead atoms. The van der Waals surface area contributed by atoms with Gasteiger partial charge in [-0.3, -0.25) is 4.11 Å². The Bertz CT molecular complexity index is 339. The smallest absolute Gasteiger partial charge is 0.386 e. The van der Waals surface area contributed by atoms with Crippen molar-refractivity contribution >= 4 is 46.2 Å². The van der Waals surface area contributed by atoms with Crippen molar-refractivity contribution in [1.29, 1.82) is 0 Å². The van der Waals surface area contributed by atoms with Gasteiger partial charge in [0.15, 0.2) is 15.7 Å². The summed E-state index contributed by atoms with van der Waals surface area (Å²) in [5, 5.41) is 0. The minimum atomic E-state index is -3.80. The molecule has 1 aliphatic rings. The summed E-state index contributed by atoms with van der Waals surface area (Å²) < 4.78 is 43.5. The fraction of sp³-hybridized carbons (Fsp3) is 1.00. The van der Waals surface area contributed by atoms with Crippen molar-refractivity contribution in [2.24, 2.45) is 0 Å². The zero-order valence-electron chi connectivity index (χ0n) is 14.6. The van der Waals surface area contributed by atoms with Gasteiger partial charge in [-0.15, -0.1) is 0 Å². The van der Waals surface area contributed by atoms with Crippen molar-refractivity contribution in [3.63, 3.8) is 0 Å². The van der Waals surface area contributed by atoms with Crippen LogP contribution in [0.15, 0.2) is 0 Å². The van der Waals surface area contributed by atoms with Crippen molar-refractivity contribution in [2.75, 3.05) is 0 Å². The van der Waals surface area contributed by atoms with E-state index in [9.17, 15) is 0 Å². The van der Waals surface area contributed by atoms with Crippen LogP contribution in [0.1, 0.15) is 0 Å². The van der Waals surface area contributed by atoms with Crippen LogP contribution in [-0.4, -0.2) is 46.2 Å². The topological polar surface area (TPSA) is 18.5 Å². The van der Waals surface area contributed by atoms with Crippen LogP contribution in [-0.2, 0) is 8.23 Å². The van der Waals surface area contributed by atoms with E-state index in [0.29, 0.717) is 0 Å². The van der Waals surface area contributed by atoms with E-state index in [4.69, 9.17) is 8.23 Å². The zero-order chi connectivity index (χ0) is 16.4. The van der Waals surface area contributed by atoms with Gasteiger partial charge in [-0.25, -0.2) is 0 Å². The lowest BCUT2D eigenvalue weighted by molar-refractivity contribution is 0.484. The lowest BCUT2D eigenvalue weighted by atomic mass is 11.9. The van der Waals surface area contributed by atoms with Crippen LogP contribution in [0.2, 0.25) is 65.5 Å². The molecule has 2 unspecified atom stereocenters. The number of hydrogen-bond acceptors (Lipinski definition) is 2. The summed E-state index contributed by atoms with van der Waals surface area (Å²) in [6.07, 6.45) is 0. The first-order valence-corrected chi connectivity index (χ1v) is 27.6. The Balaban J connectivity index is 3.53. The Morgan fingerprint density at radius 1 is 0.550 bits per heavy atom. The molecule has 2 nitrogen and oxygen atoms in total. The summed E-state index contributed by atoms with van der Waals surface area (Å²) in [6.45, 7) is 19.9. The van der Waals surface area contributed by atoms with Crippen molar-refractivity contribution in [3.8, 4) is 0 Å². The Morgan fingerprint density at radius 2 is 0.900 bits per heavy atom. The molecule has 1 fully saturated rings. The Morgan fingerprint density at radius 3 is 1.30 bits per heavy atom. The number of halogens is 2. The van der Waals surface area contributed by atoms with Crippen LogP contribution in [0.4, 0.5) is 8.22 Å². The fourth-order valence-electron chi connectivity index (χ4n) is 2.83. The van der Waals surface area contributed by atoms with E-state index in [2.05, 4.69) is 39.3 Å². The first-order valence-electron chi connectivity index (χ1n) is 7.19. The van der Waals surface area contributed by atoms with E-state index in [1.54, 1.807) is 0 Å². The molecule has 2 atom stereocenters. The largest absolute Gasteiger partial charge is 0.458 e. The van der Waals surface area contributed by atoms with Crippen LogP contribution in [0.3, 0.4) is 0 Å². The van der Waals surface area contributed by atoms with Gasteiger partial charge in [0, 0.05) is 0 Å². The third kappa shape index (κ3) is 2.59. The van der Waals surface area contributed by atoms with Gasteiger partial charge in [-0.2, -0.15) is 0 Å². The molecule has 0 aromatic heterocycles. The fourth-order valence-corrected chi connectivity index (χ4v) is 72.2. The number of rotatable bonds is 0. The van der Waals surface area contributed by atoms with Gasteiger partial charge < -0.3 is 12.3 Å². The highest BCUT2D eigenvalue weighted by Gasteiger charge is 2.73. The molecular formula is C10H30F2O2Si6. The highest BCUT2D eigenvalue weighted by molar-refractivity contribution is 7.72. The summed E-state index contributed by atoms with van der Waals surface area (Å²) in [6, 6.07) is 0. The van der Waals surface area contributed by atoms with E-state index in [-0.39, 0.29) is 0 Å². The Labute approximate surface area is 128 Å². The second-order valence-corrected chi connectivity index (χ2v) is 55.7. The quantitative estimate of drug-likeness (QED) is 0.456. The second kappa shape index (κ2) is 4.79. The molecule has 0 amide bonds. The third-order valence-corrected chi connectivity index (χ3v) is 77.4. The average Bonchev–Trinajstić information content (AvgIpc) is 2.11. The molecule has 1 heterocycles. The van der Waals surface area contributed by atoms with Crippen LogP contribution >= 0.6 is 0 Å². The average molecular weight is 389 g/mol. The maximum absolute atomic E-state index is 15.5. The van der Waals surface area contributed by atoms with E-state index < -0.39 is 46.2 Å². The molecule has 1 rings (SSSR count). The molecule has 120 valence electrons. The van der Waals surface area contributed by atoms with Gasteiger partial charge in [0.05, 0.1) is 7.11 Å². The molecule has 1 aliphatic heterocycles. The molecule has 0 aliphatic carbocycles. The monoisotopic (exact) mass is 388 g/mol. The molecular weight excluding hydrogens is 359 g/mol. The predicted molar refractivity (Wildman–Crippen MR) is 97.6 cm³/mol. The van der Waals surface area contributed by atoms with Crippen LogP contribution in [0.5, 0.6) is 0 Å². The van der Waals surface area contributed by atoms with Gasteiger partial charge in [-0.1, -0.05) is 13.1 Å². The van der Waals surface area contributed by atoms with E-state index in [1.807, 2.05) is 13.1 Å². The molecule has 0 spiro atoms. The SMILES string of the molecule is C[Si]1(C)O[Si](C)(C)[Si](C)(F)[Si](C)(F)O[Si](C)(C)[Si]1(C)C. The summed E-state index contributed by atoms with van der Waals surface area (Å²) in [5.41, 5.74) is 0. The predicted octanol–water partition coefficient (Wildman–Crippen LogP) is 4.26. The highest BCUT2D eigenvalue weighted by Crippen LogP contribution is 2.43. The van der Waals surface area contributed by atoms with Crippen molar-refractivity contribution < 1.29 is 16.4 Å². The third-order valence-electron chi connectivity index (χ3n) is 5.94. The molecule has 1 saturated heterocycles. The van der Waals surface area contributed by atoms with E-state index in [0.717, 1.165) is 0 Å². The summed E-state index contributed by atoms with van der Waals surface area (Å²) in [5.74, 6) is 0. The minimum Gasteiger partial charge on any atom is -0.458 e. The molecule has 0 saturated carbocycles. The van der Waals surface area contributed by atoms with Crippen LogP contribution in [0.25, 0.3) is 0 Å². The zero-order valence-corrected chi connectivity index (χ0v) is 20.6. The Hall–Kier alpha value is 1.08. The molecule has 10 heteroatoms. The molecule has 0 N–H and O–H groups in total. The van der Waals surface area contributed by atoms with Crippen LogP contribution < -0.4 is 0 Å². The van der Waals surface area contributed by atoms with Crippen LogP contribution in [0, 0.1) is 0 Å². The molecule has 0 aromatic rings. The first-order chi connectivity index (χ1) is 8.41. The second-order valence-electron chi connectivity index (χ2n) is 8.28. The Kier molecular flexibility index (Phi) is 4.58. The van der Waals surface area contributed by atoms with Gasteiger partial charge in [0.25, 0.3) is 0 Å². The first kappa shape index (κ1) is 19.1. The lowest BCUT2D eigenvalue weighted by Crippen LogP contribution is -2.84. The van der Waals surface area contributed by atoms with Gasteiger partial charge in [0.1, 0.15) is 0 Å². The van der Waals surface area contributed by atoms with Gasteiger partial charge in [-0.05, 0) is 52.4 Å². The van der Waals surface area contributed by atoms with Crippen molar-refractivity contribution in [3.05, 3.63) is 0 Å². The lowest BCUT2D eigenvalue weighted by Gasteiger charge is -2.56. The maximum atomic E-state index is 15.5. The normalized spacial score (nSPS) is 42.6. The molecule has 0 aromatic carbocycles. The summed E-state index contributed by atoms with van der Waals surface area (Å²) in [7, 11) is -16.2. The maximum Gasteiger partial charge on any atom is 0.386 e. The number of hydrogen-bond donors (Lipinski definition) is 0. The summed E-state index contributed by atoms with van der Waals surface area (Å²) >= 11 is 0.